The molecule has 0 aromatic rings. The largest absolute Gasteiger partial charge is 0.0683 e. The van der Waals surface area contributed by atoms with E-state index in [1.54, 1.807) is 0 Å². The molecule has 1 aliphatic rings. The maximum atomic E-state index is 2.47. The highest BCUT2D eigenvalue weighted by molar-refractivity contribution is 4.85. The third-order valence-corrected chi connectivity index (χ3v) is 3.97. The molecule has 0 bridgehead atoms. The molecule has 100 valence electrons. The summed E-state index contributed by atoms with van der Waals surface area (Å²) < 4.78 is 0. The minimum absolute atomic E-state index is 0.991. The normalized spacial score (nSPS) is 32.2. The van der Waals surface area contributed by atoms with Gasteiger partial charge in [0, 0.05) is 0 Å². The summed E-state index contributed by atoms with van der Waals surface area (Å²) in [4.78, 5) is 0. The van der Waals surface area contributed by atoms with Gasteiger partial charge in [-0.25, -0.2) is 0 Å². The van der Waals surface area contributed by atoms with Gasteiger partial charge in [-0.3, -0.25) is 0 Å². The summed E-state index contributed by atoms with van der Waals surface area (Å²) in [6.45, 7) is 17.6. The molecule has 0 spiro atoms. The van der Waals surface area contributed by atoms with E-state index in [4.69, 9.17) is 0 Å². The van der Waals surface area contributed by atoms with Crippen LogP contribution in [0.5, 0.6) is 0 Å². The molecule has 0 aromatic heterocycles. The third kappa shape index (κ3) is 5.37. The van der Waals surface area contributed by atoms with Crippen molar-refractivity contribution in [1.29, 1.82) is 0 Å². The molecule has 0 N–H and O–H groups in total. The minimum atomic E-state index is 0.991. The highest BCUT2D eigenvalue weighted by Crippen LogP contribution is 2.44. The lowest BCUT2D eigenvalue weighted by atomic mass is 9.85. The zero-order chi connectivity index (χ0) is 13.1. The van der Waals surface area contributed by atoms with E-state index >= 15 is 0 Å². The molecule has 1 fully saturated rings. The summed E-state index contributed by atoms with van der Waals surface area (Å²) in [7, 11) is 0. The molecular weight excluding hydrogens is 192 g/mol. The van der Waals surface area contributed by atoms with Crippen molar-refractivity contribution < 1.29 is 0 Å². The van der Waals surface area contributed by atoms with Gasteiger partial charge in [-0.05, 0) is 30.1 Å². The summed E-state index contributed by atoms with van der Waals surface area (Å²) in [5.74, 6) is 4.03. The minimum Gasteiger partial charge on any atom is -0.0683 e. The van der Waals surface area contributed by atoms with Crippen LogP contribution in [0.25, 0.3) is 0 Å². The van der Waals surface area contributed by atoms with Crippen LogP contribution >= 0.6 is 0 Å². The van der Waals surface area contributed by atoms with Crippen molar-refractivity contribution in [1.82, 2.24) is 0 Å². The van der Waals surface area contributed by atoms with Gasteiger partial charge in [-0.15, -0.1) is 0 Å². The molecule has 0 nitrogen and oxygen atoms in total. The first kappa shape index (κ1) is 18.4. The van der Waals surface area contributed by atoms with Crippen LogP contribution in [0.4, 0.5) is 0 Å². The predicted octanol–water partition coefficient (Wildman–Crippen LogP) is 6.16. The standard InChI is InChI=1S/C12H24.2C2H6/c1-5-7-12-9(3)8-11(6-2)10(12)4;2*1-2/h9-12H,5-8H2,1-4H3;2*1-2H3. The molecule has 16 heavy (non-hydrogen) atoms. The number of hydrogen-bond acceptors (Lipinski definition) is 0. The SMILES string of the molecule is CC.CC.CCCC1C(C)CC(CC)C1C. The van der Waals surface area contributed by atoms with Crippen LogP contribution in [-0.4, -0.2) is 0 Å². The second kappa shape index (κ2) is 11.5. The van der Waals surface area contributed by atoms with Crippen molar-refractivity contribution in [3.63, 3.8) is 0 Å². The van der Waals surface area contributed by atoms with Gasteiger partial charge >= 0.3 is 0 Å². The smallest absolute Gasteiger partial charge is 0.0360 e. The predicted molar refractivity (Wildman–Crippen MR) is 77.8 cm³/mol. The fourth-order valence-corrected chi connectivity index (χ4v) is 3.15. The monoisotopic (exact) mass is 228 g/mol. The van der Waals surface area contributed by atoms with Gasteiger partial charge < -0.3 is 0 Å². The molecule has 0 aromatic carbocycles. The second-order valence-electron chi connectivity index (χ2n) is 4.69. The molecule has 0 amide bonds. The van der Waals surface area contributed by atoms with Crippen LogP contribution in [0.15, 0.2) is 0 Å². The summed E-state index contributed by atoms with van der Waals surface area (Å²) >= 11 is 0. The fraction of sp³-hybridized carbons (Fsp3) is 1.00. The van der Waals surface area contributed by atoms with E-state index in [9.17, 15) is 0 Å². The van der Waals surface area contributed by atoms with Crippen molar-refractivity contribution in [3.8, 4) is 0 Å². The zero-order valence-electron chi connectivity index (χ0n) is 13.1. The van der Waals surface area contributed by atoms with Gasteiger partial charge in [0.25, 0.3) is 0 Å². The Morgan fingerprint density at radius 3 is 1.75 bits per heavy atom. The van der Waals surface area contributed by atoms with Gasteiger partial charge in [-0.2, -0.15) is 0 Å². The zero-order valence-corrected chi connectivity index (χ0v) is 13.1. The maximum Gasteiger partial charge on any atom is -0.0360 e. The highest BCUT2D eigenvalue weighted by atomic mass is 14.4. The van der Waals surface area contributed by atoms with Crippen LogP contribution in [-0.2, 0) is 0 Å². The summed E-state index contributed by atoms with van der Waals surface area (Å²) in [5, 5.41) is 0. The molecule has 0 heteroatoms. The third-order valence-electron chi connectivity index (χ3n) is 3.97. The van der Waals surface area contributed by atoms with Crippen molar-refractivity contribution in [2.75, 3.05) is 0 Å². The number of rotatable bonds is 3. The van der Waals surface area contributed by atoms with Gasteiger partial charge in [0.05, 0.1) is 0 Å². The Labute approximate surface area is 105 Å². The lowest BCUT2D eigenvalue weighted by Gasteiger charge is -2.20. The quantitative estimate of drug-likeness (QED) is 0.543. The van der Waals surface area contributed by atoms with Gasteiger partial charge in [0.15, 0.2) is 0 Å². The van der Waals surface area contributed by atoms with Crippen molar-refractivity contribution in [2.24, 2.45) is 23.7 Å². The van der Waals surface area contributed by atoms with Crippen LogP contribution in [0.1, 0.15) is 81.1 Å². The Morgan fingerprint density at radius 1 is 0.938 bits per heavy atom. The van der Waals surface area contributed by atoms with Gasteiger partial charge in [0.1, 0.15) is 0 Å². The Hall–Kier alpha value is 0. The van der Waals surface area contributed by atoms with Gasteiger partial charge in [-0.1, -0.05) is 74.7 Å². The van der Waals surface area contributed by atoms with Crippen molar-refractivity contribution >= 4 is 0 Å². The molecule has 0 radical (unpaired) electrons. The summed E-state index contributed by atoms with van der Waals surface area (Å²) in [6.07, 6.45) is 5.71. The molecule has 4 atom stereocenters. The van der Waals surface area contributed by atoms with E-state index in [0.29, 0.717) is 0 Å². The molecule has 0 aliphatic heterocycles. The molecule has 1 aliphatic carbocycles. The first-order chi connectivity index (χ1) is 7.70. The van der Waals surface area contributed by atoms with E-state index < -0.39 is 0 Å². The van der Waals surface area contributed by atoms with Gasteiger partial charge in [0.2, 0.25) is 0 Å². The molecule has 1 saturated carbocycles. The van der Waals surface area contributed by atoms with Crippen molar-refractivity contribution in [3.05, 3.63) is 0 Å². The average molecular weight is 228 g/mol. The summed E-state index contributed by atoms with van der Waals surface area (Å²) in [5.41, 5.74) is 0. The lowest BCUT2D eigenvalue weighted by Crippen LogP contribution is -2.12. The Bertz CT molecular complexity index is 128. The Kier molecular flexibility index (Phi) is 13.2. The van der Waals surface area contributed by atoms with Crippen LogP contribution in [0.2, 0.25) is 0 Å². The maximum absolute atomic E-state index is 2.47. The van der Waals surface area contributed by atoms with E-state index in [2.05, 4.69) is 27.7 Å². The highest BCUT2D eigenvalue weighted by Gasteiger charge is 2.35. The van der Waals surface area contributed by atoms with E-state index in [-0.39, 0.29) is 0 Å². The lowest BCUT2D eigenvalue weighted by molar-refractivity contribution is 0.290. The average Bonchev–Trinajstić information content (AvgIpc) is 2.62. The molecule has 0 heterocycles. The van der Waals surface area contributed by atoms with E-state index in [1.807, 2.05) is 27.7 Å². The fourth-order valence-electron chi connectivity index (χ4n) is 3.15. The second-order valence-corrected chi connectivity index (χ2v) is 4.69. The first-order valence-electron chi connectivity index (χ1n) is 7.70. The van der Waals surface area contributed by atoms with Crippen LogP contribution < -0.4 is 0 Å². The Morgan fingerprint density at radius 2 is 1.44 bits per heavy atom. The van der Waals surface area contributed by atoms with E-state index in [0.717, 1.165) is 23.7 Å². The Balaban J connectivity index is 0. The van der Waals surface area contributed by atoms with Crippen molar-refractivity contribution in [2.45, 2.75) is 81.1 Å². The molecular formula is C16H36. The molecule has 1 rings (SSSR count). The molecule has 4 unspecified atom stereocenters. The first-order valence-corrected chi connectivity index (χ1v) is 7.70. The van der Waals surface area contributed by atoms with Crippen LogP contribution in [0, 0.1) is 23.7 Å². The van der Waals surface area contributed by atoms with E-state index in [1.165, 1.54) is 25.7 Å². The summed E-state index contributed by atoms with van der Waals surface area (Å²) in [6, 6.07) is 0. The van der Waals surface area contributed by atoms with Crippen LogP contribution in [0.3, 0.4) is 0 Å². The molecule has 0 saturated heterocycles. The topological polar surface area (TPSA) is 0 Å². The number of hydrogen-bond donors (Lipinski definition) is 0.